The Bertz CT molecular complexity index is 1520. The lowest BCUT2D eigenvalue weighted by atomic mass is 10.2. The van der Waals surface area contributed by atoms with E-state index in [1.165, 1.54) is 28.9 Å². The summed E-state index contributed by atoms with van der Waals surface area (Å²) in [4.78, 5) is 46.7. The van der Waals surface area contributed by atoms with E-state index in [0.717, 1.165) is 48.9 Å². The van der Waals surface area contributed by atoms with Gasteiger partial charge in [0.05, 0.1) is 22.6 Å². The van der Waals surface area contributed by atoms with Crippen molar-refractivity contribution in [3.63, 3.8) is 0 Å². The van der Waals surface area contributed by atoms with Crippen LogP contribution in [-0.4, -0.2) is 44.3 Å². The summed E-state index contributed by atoms with van der Waals surface area (Å²) in [6, 6.07) is 5.10. The van der Waals surface area contributed by atoms with Crippen LogP contribution in [-0.2, 0) is 17.6 Å². The topological polar surface area (TPSA) is 125 Å². The van der Waals surface area contributed by atoms with Gasteiger partial charge in [-0.3, -0.25) is 9.59 Å². The average molecular weight is 581 g/mol. The SMILES string of the molecule is Cc1cccc(Cl)c1NC(=O)c1cnc(Nc2nc(N3CCCC3C(=O)Nc3nccs3)nc3c2CCC3)s1. The molecule has 2 amide bonds. The molecule has 0 spiro atoms. The summed E-state index contributed by atoms with van der Waals surface area (Å²) in [5.41, 5.74) is 3.50. The molecule has 13 heteroatoms. The van der Waals surface area contributed by atoms with Gasteiger partial charge in [-0.25, -0.2) is 15.0 Å². The van der Waals surface area contributed by atoms with Gasteiger partial charge in [-0.05, 0) is 50.7 Å². The van der Waals surface area contributed by atoms with Crippen molar-refractivity contribution in [2.24, 2.45) is 0 Å². The number of amides is 2. The van der Waals surface area contributed by atoms with Crippen molar-refractivity contribution >= 4 is 73.8 Å². The highest BCUT2D eigenvalue weighted by atomic mass is 35.5. The maximum absolute atomic E-state index is 13.0. The first-order chi connectivity index (χ1) is 19.0. The summed E-state index contributed by atoms with van der Waals surface area (Å²) < 4.78 is 0. The van der Waals surface area contributed by atoms with Crippen molar-refractivity contribution < 1.29 is 9.59 Å². The molecule has 39 heavy (non-hydrogen) atoms. The summed E-state index contributed by atoms with van der Waals surface area (Å²) in [7, 11) is 0. The van der Waals surface area contributed by atoms with Crippen LogP contribution in [0.2, 0.25) is 5.02 Å². The summed E-state index contributed by atoms with van der Waals surface area (Å²) >= 11 is 8.90. The third kappa shape index (κ3) is 5.32. The minimum Gasteiger partial charge on any atom is -0.329 e. The van der Waals surface area contributed by atoms with E-state index in [1.807, 2.05) is 29.3 Å². The number of carbonyl (C=O) groups excluding carboxylic acids is 2. The van der Waals surface area contributed by atoms with Gasteiger partial charge in [0.1, 0.15) is 16.7 Å². The van der Waals surface area contributed by atoms with Gasteiger partial charge in [0, 0.05) is 23.7 Å². The molecule has 200 valence electrons. The molecule has 1 saturated heterocycles. The number of fused-ring (bicyclic) bond motifs is 1. The lowest BCUT2D eigenvalue weighted by Gasteiger charge is -2.24. The molecule has 3 aromatic heterocycles. The number of aromatic nitrogens is 4. The van der Waals surface area contributed by atoms with E-state index in [-0.39, 0.29) is 17.9 Å². The third-order valence-electron chi connectivity index (χ3n) is 6.81. The van der Waals surface area contributed by atoms with Crippen LogP contribution in [0, 0.1) is 6.92 Å². The Morgan fingerprint density at radius 1 is 1.10 bits per heavy atom. The molecule has 4 aromatic rings. The maximum Gasteiger partial charge on any atom is 0.267 e. The number of hydrogen-bond acceptors (Lipinski definition) is 10. The lowest BCUT2D eigenvalue weighted by molar-refractivity contribution is -0.117. The van der Waals surface area contributed by atoms with Crippen LogP contribution in [0.25, 0.3) is 0 Å². The smallest absolute Gasteiger partial charge is 0.267 e. The number of carbonyl (C=O) groups is 2. The van der Waals surface area contributed by atoms with E-state index in [4.69, 9.17) is 21.6 Å². The second-order valence-electron chi connectivity index (χ2n) is 9.37. The minimum atomic E-state index is -0.371. The highest BCUT2D eigenvalue weighted by molar-refractivity contribution is 7.17. The summed E-state index contributed by atoms with van der Waals surface area (Å²) in [6.07, 6.45) is 7.49. The van der Waals surface area contributed by atoms with Gasteiger partial charge in [-0.15, -0.1) is 11.3 Å². The Kier molecular flexibility index (Phi) is 7.15. The number of anilines is 5. The van der Waals surface area contributed by atoms with Crippen LogP contribution in [0.4, 0.5) is 27.7 Å². The number of para-hydroxylation sites is 1. The Morgan fingerprint density at radius 2 is 2.00 bits per heavy atom. The van der Waals surface area contributed by atoms with Crippen molar-refractivity contribution in [2.45, 2.75) is 45.1 Å². The van der Waals surface area contributed by atoms with E-state index in [2.05, 4.69) is 25.9 Å². The molecule has 1 aliphatic heterocycles. The molecule has 1 aliphatic carbocycles. The van der Waals surface area contributed by atoms with Crippen LogP contribution >= 0.6 is 34.3 Å². The maximum atomic E-state index is 13.0. The van der Waals surface area contributed by atoms with Crippen molar-refractivity contribution in [1.82, 2.24) is 19.9 Å². The molecular formula is C26H25ClN8O2S2. The molecule has 3 N–H and O–H groups in total. The average Bonchev–Trinajstić information content (AvgIpc) is 3.72. The second kappa shape index (κ2) is 10.9. The number of halogens is 1. The van der Waals surface area contributed by atoms with Crippen molar-refractivity contribution in [1.29, 1.82) is 0 Å². The van der Waals surface area contributed by atoms with Crippen LogP contribution in [0.3, 0.4) is 0 Å². The first-order valence-corrected chi connectivity index (χ1v) is 14.7. The molecule has 2 aliphatic rings. The van der Waals surface area contributed by atoms with Gasteiger partial charge < -0.3 is 20.9 Å². The van der Waals surface area contributed by atoms with E-state index >= 15 is 0 Å². The Labute approximate surface area is 237 Å². The number of benzene rings is 1. The van der Waals surface area contributed by atoms with E-state index in [1.54, 1.807) is 12.3 Å². The molecule has 1 aromatic carbocycles. The molecule has 1 fully saturated rings. The molecule has 10 nitrogen and oxygen atoms in total. The lowest BCUT2D eigenvalue weighted by Crippen LogP contribution is -2.40. The predicted octanol–water partition coefficient (Wildman–Crippen LogP) is 5.44. The van der Waals surface area contributed by atoms with Gasteiger partial charge in [0.25, 0.3) is 5.91 Å². The highest BCUT2D eigenvalue weighted by Crippen LogP contribution is 2.34. The minimum absolute atomic E-state index is 0.106. The van der Waals surface area contributed by atoms with Gasteiger partial charge in [-0.1, -0.05) is 35.1 Å². The summed E-state index contributed by atoms with van der Waals surface area (Å²) in [5.74, 6) is 0.808. The standard InChI is InChI=1S/C26H25ClN8O2S2/c1-14-5-2-7-16(27)20(14)31-23(37)19-13-29-26(39-19)33-21-15-6-3-8-17(15)30-24(32-21)35-11-4-9-18(35)22(36)34-25-28-10-12-38-25/h2,5,7,10,12-13,18H,3-4,6,8-9,11H2,1H3,(H,31,37)(H,28,34,36)(H,29,30,32,33). The number of aryl methyl sites for hydroxylation is 2. The number of nitrogens with zero attached hydrogens (tertiary/aromatic N) is 5. The zero-order valence-corrected chi connectivity index (χ0v) is 23.4. The first-order valence-electron chi connectivity index (χ1n) is 12.6. The zero-order valence-electron chi connectivity index (χ0n) is 21.0. The molecule has 0 saturated carbocycles. The fraction of sp³-hybridized carbons (Fsp3) is 0.308. The highest BCUT2D eigenvalue weighted by Gasteiger charge is 2.34. The largest absolute Gasteiger partial charge is 0.329 e. The Hall–Kier alpha value is -3.61. The number of rotatable bonds is 7. The predicted molar refractivity (Wildman–Crippen MR) is 155 cm³/mol. The monoisotopic (exact) mass is 580 g/mol. The van der Waals surface area contributed by atoms with Crippen LogP contribution < -0.4 is 20.9 Å². The quantitative estimate of drug-likeness (QED) is 0.264. The van der Waals surface area contributed by atoms with Crippen LogP contribution in [0.5, 0.6) is 0 Å². The van der Waals surface area contributed by atoms with Gasteiger partial charge >= 0.3 is 0 Å². The van der Waals surface area contributed by atoms with Crippen LogP contribution in [0.1, 0.15) is 45.8 Å². The normalized spacial score (nSPS) is 16.3. The summed E-state index contributed by atoms with van der Waals surface area (Å²) in [6.45, 7) is 2.58. The number of hydrogen-bond donors (Lipinski definition) is 3. The second-order valence-corrected chi connectivity index (χ2v) is 11.7. The van der Waals surface area contributed by atoms with Crippen molar-refractivity contribution in [3.05, 3.63) is 62.7 Å². The van der Waals surface area contributed by atoms with E-state index < -0.39 is 0 Å². The fourth-order valence-electron chi connectivity index (χ4n) is 4.91. The Morgan fingerprint density at radius 3 is 2.82 bits per heavy atom. The fourth-order valence-corrected chi connectivity index (χ4v) is 6.42. The molecule has 0 bridgehead atoms. The van der Waals surface area contributed by atoms with Gasteiger partial charge in [0.2, 0.25) is 11.9 Å². The number of nitrogens with one attached hydrogen (secondary N) is 3. The zero-order chi connectivity index (χ0) is 26.9. The Balaban J connectivity index is 1.22. The molecule has 4 heterocycles. The molecular weight excluding hydrogens is 556 g/mol. The summed E-state index contributed by atoms with van der Waals surface area (Å²) in [5, 5.41) is 12.6. The van der Waals surface area contributed by atoms with Gasteiger partial charge in [-0.2, -0.15) is 4.98 Å². The molecule has 6 rings (SSSR count). The molecule has 1 unspecified atom stereocenters. The van der Waals surface area contributed by atoms with Gasteiger partial charge in [0.15, 0.2) is 10.3 Å². The van der Waals surface area contributed by atoms with E-state index in [0.29, 0.717) is 44.2 Å². The molecule has 1 atom stereocenters. The van der Waals surface area contributed by atoms with Crippen LogP contribution in [0.15, 0.2) is 36.0 Å². The van der Waals surface area contributed by atoms with Crippen molar-refractivity contribution in [2.75, 3.05) is 27.4 Å². The van der Waals surface area contributed by atoms with E-state index in [9.17, 15) is 9.59 Å². The molecule has 0 radical (unpaired) electrons. The first kappa shape index (κ1) is 25.7. The number of thiazole rings is 2. The third-order valence-corrected chi connectivity index (χ3v) is 8.73. The van der Waals surface area contributed by atoms with Crippen molar-refractivity contribution in [3.8, 4) is 0 Å².